The molecule has 2 N–H and O–H groups in total. The highest BCUT2D eigenvalue weighted by Crippen LogP contribution is 2.18. The minimum absolute atomic E-state index is 0.838. The Hall–Kier alpha value is -0.500. The van der Waals surface area contributed by atoms with Crippen LogP contribution in [0.2, 0.25) is 0 Å². The highest BCUT2D eigenvalue weighted by atomic mass is 127. The summed E-state index contributed by atoms with van der Waals surface area (Å²) in [7, 11) is 4.11. The van der Waals surface area contributed by atoms with Crippen LogP contribution in [0.1, 0.15) is 11.1 Å². The number of halogens is 2. The van der Waals surface area contributed by atoms with Crippen molar-refractivity contribution in [2.75, 3.05) is 24.7 Å². The number of benzene rings is 2. The van der Waals surface area contributed by atoms with Gasteiger partial charge in [-0.1, -0.05) is 12.1 Å². The van der Waals surface area contributed by atoms with Gasteiger partial charge in [0, 0.05) is 32.6 Å². The lowest BCUT2D eigenvalue weighted by molar-refractivity contribution is 1.13. The van der Waals surface area contributed by atoms with Crippen LogP contribution in [0.5, 0.6) is 0 Å². The second-order valence-corrected chi connectivity index (χ2v) is 7.16. The van der Waals surface area contributed by atoms with Gasteiger partial charge in [-0.2, -0.15) is 0 Å². The summed E-state index contributed by atoms with van der Waals surface area (Å²) in [5.74, 6) is 0. The van der Waals surface area contributed by atoms with Gasteiger partial charge in [-0.15, -0.1) is 0 Å². The molecular formula is C16H20I2N2. The maximum atomic E-state index is 5.52. The van der Waals surface area contributed by atoms with Gasteiger partial charge in [0.2, 0.25) is 0 Å². The van der Waals surface area contributed by atoms with Crippen LogP contribution >= 0.6 is 45.2 Å². The number of anilines is 2. The zero-order valence-corrected chi connectivity index (χ0v) is 16.6. The van der Waals surface area contributed by atoms with Crippen molar-refractivity contribution in [2.24, 2.45) is 0 Å². The number of rotatable bonds is 1. The summed E-state index contributed by atoms with van der Waals surface area (Å²) < 4.78 is 2.56. The van der Waals surface area contributed by atoms with E-state index in [1.165, 1.54) is 24.0 Å². The van der Waals surface area contributed by atoms with Gasteiger partial charge in [0.25, 0.3) is 0 Å². The quantitative estimate of drug-likeness (QED) is 0.454. The van der Waals surface area contributed by atoms with Crippen molar-refractivity contribution in [3.8, 4) is 0 Å². The summed E-state index contributed by atoms with van der Waals surface area (Å²) >= 11 is 4.63. The number of nitrogens with zero attached hydrogens (tertiary/aromatic N) is 1. The molecular weight excluding hydrogens is 474 g/mol. The van der Waals surface area contributed by atoms with Crippen molar-refractivity contribution in [1.29, 1.82) is 0 Å². The standard InChI is InChI=1S/C9H12IN.C7H8IN/c1-7-4-5-8(11(2)3)6-9(7)10;1-5-2-3-6(9)4-7(5)8/h4-6H,1-3H3;2-4H,9H2,1H3. The maximum absolute atomic E-state index is 5.52. The van der Waals surface area contributed by atoms with Gasteiger partial charge in [-0.25, -0.2) is 0 Å². The van der Waals surface area contributed by atoms with E-state index in [1.54, 1.807) is 0 Å². The van der Waals surface area contributed by atoms with Crippen LogP contribution in [0.15, 0.2) is 36.4 Å². The summed E-state index contributed by atoms with van der Waals surface area (Å²) in [6, 6.07) is 12.4. The van der Waals surface area contributed by atoms with Crippen LogP contribution in [-0.4, -0.2) is 14.1 Å². The first-order valence-electron chi connectivity index (χ1n) is 6.26. The normalized spacial score (nSPS) is 9.70. The van der Waals surface area contributed by atoms with Gasteiger partial charge in [-0.05, 0) is 94.4 Å². The predicted octanol–water partition coefficient (Wildman–Crippen LogP) is 4.85. The molecule has 0 heterocycles. The first-order chi connectivity index (χ1) is 9.31. The third-order valence-electron chi connectivity index (χ3n) is 2.87. The third kappa shape index (κ3) is 5.47. The number of nitrogen functional groups attached to an aromatic ring is 1. The van der Waals surface area contributed by atoms with Crippen LogP contribution in [-0.2, 0) is 0 Å². The van der Waals surface area contributed by atoms with Crippen molar-refractivity contribution in [3.63, 3.8) is 0 Å². The monoisotopic (exact) mass is 494 g/mol. The van der Waals surface area contributed by atoms with Crippen LogP contribution in [0.25, 0.3) is 0 Å². The molecule has 0 aromatic heterocycles. The molecule has 2 aromatic rings. The Bertz CT molecular complexity index is 581. The fourth-order valence-corrected chi connectivity index (χ4v) is 2.51. The van der Waals surface area contributed by atoms with E-state index in [2.05, 4.69) is 96.2 Å². The molecule has 0 fully saturated rings. The molecule has 0 saturated heterocycles. The second-order valence-electron chi connectivity index (χ2n) is 4.84. The highest BCUT2D eigenvalue weighted by Gasteiger charge is 1.97. The molecule has 0 spiro atoms. The molecule has 4 heteroatoms. The highest BCUT2D eigenvalue weighted by molar-refractivity contribution is 14.1. The number of aryl methyl sites for hydroxylation is 2. The Kier molecular flexibility index (Phi) is 7.08. The Morgan fingerprint density at radius 1 is 0.850 bits per heavy atom. The van der Waals surface area contributed by atoms with Crippen molar-refractivity contribution >= 4 is 56.6 Å². The molecule has 2 nitrogen and oxygen atoms in total. The lowest BCUT2D eigenvalue weighted by atomic mass is 10.2. The Balaban J connectivity index is 0.000000204. The maximum Gasteiger partial charge on any atom is 0.0371 e. The fourth-order valence-electron chi connectivity index (χ4n) is 1.47. The topological polar surface area (TPSA) is 29.3 Å². The molecule has 0 saturated carbocycles. The third-order valence-corrected chi connectivity index (χ3v) is 5.19. The molecule has 20 heavy (non-hydrogen) atoms. The molecule has 0 bridgehead atoms. The van der Waals surface area contributed by atoms with E-state index >= 15 is 0 Å². The van der Waals surface area contributed by atoms with E-state index in [4.69, 9.17) is 5.73 Å². The van der Waals surface area contributed by atoms with Crippen molar-refractivity contribution < 1.29 is 0 Å². The molecule has 108 valence electrons. The van der Waals surface area contributed by atoms with Gasteiger partial charge >= 0.3 is 0 Å². The summed E-state index contributed by atoms with van der Waals surface area (Å²) in [6.45, 7) is 4.20. The molecule has 2 aromatic carbocycles. The summed E-state index contributed by atoms with van der Waals surface area (Å²) in [5, 5.41) is 0. The van der Waals surface area contributed by atoms with E-state index in [9.17, 15) is 0 Å². The Morgan fingerprint density at radius 2 is 1.35 bits per heavy atom. The number of hydrogen-bond acceptors (Lipinski definition) is 2. The van der Waals surface area contributed by atoms with Gasteiger partial charge in [0.05, 0.1) is 0 Å². The molecule has 0 aliphatic heterocycles. The van der Waals surface area contributed by atoms with Gasteiger partial charge in [0.15, 0.2) is 0 Å². The molecule has 2 rings (SSSR count). The average Bonchev–Trinajstić information content (AvgIpc) is 2.38. The van der Waals surface area contributed by atoms with E-state index in [-0.39, 0.29) is 0 Å². The number of hydrogen-bond donors (Lipinski definition) is 1. The minimum Gasteiger partial charge on any atom is -0.399 e. The Labute approximate surface area is 149 Å². The molecule has 0 unspecified atom stereocenters. The zero-order chi connectivity index (χ0) is 15.3. The number of nitrogens with two attached hydrogens (primary N) is 1. The lowest BCUT2D eigenvalue weighted by Gasteiger charge is -2.12. The molecule has 0 amide bonds. The largest absolute Gasteiger partial charge is 0.399 e. The average molecular weight is 494 g/mol. The van der Waals surface area contributed by atoms with Gasteiger partial charge < -0.3 is 10.6 Å². The minimum atomic E-state index is 0.838. The van der Waals surface area contributed by atoms with Crippen molar-refractivity contribution in [1.82, 2.24) is 0 Å². The van der Waals surface area contributed by atoms with Gasteiger partial charge in [-0.3, -0.25) is 0 Å². The van der Waals surface area contributed by atoms with E-state index < -0.39 is 0 Å². The SMILES string of the molecule is Cc1ccc(N(C)C)cc1I.Cc1ccc(N)cc1I. The van der Waals surface area contributed by atoms with Crippen LogP contribution in [0.3, 0.4) is 0 Å². The summed E-state index contributed by atoms with van der Waals surface area (Å²) in [5.41, 5.74) is 10.3. The molecule has 0 atom stereocenters. The first kappa shape index (κ1) is 17.6. The van der Waals surface area contributed by atoms with Crippen LogP contribution < -0.4 is 10.6 Å². The lowest BCUT2D eigenvalue weighted by Crippen LogP contribution is -2.08. The first-order valence-corrected chi connectivity index (χ1v) is 8.42. The van der Waals surface area contributed by atoms with Crippen LogP contribution in [0, 0.1) is 21.0 Å². The van der Waals surface area contributed by atoms with Crippen molar-refractivity contribution in [3.05, 3.63) is 54.7 Å². The van der Waals surface area contributed by atoms with Gasteiger partial charge in [0.1, 0.15) is 0 Å². The molecule has 0 radical (unpaired) electrons. The predicted molar refractivity (Wildman–Crippen MR) is 107 cm³/mol. The molecule has 0 aliphatic rings. The smallest absolute Gasteiger partial charge is 0.0371 e. The zero-order valence-electron chi connectivity index (χ0n) is 12.2. The molecule has 0 aliphatic carbocycles. The Morgan fingerprint density at radius 3 is 1.75 bits per heavy atom. The van der Waals surface area contributed by atoms with E-state index in [0.29, 0.717) is 0 Å². The van der Waals surface area contributed by atoms with Crippen LogP contribution in [0.4, 0.5) is 11.4 Å². The van der Waals surface area contributed by atoms with Crippen molar-refractivity contribution in [2.45, 2.75) is 13.8 Å². The second kappa shape index (κ2) is 8.07. The van der Waals surface area contributed by atoms with E-state index in [1.807, 2.05) is 18.2 Å². The summed E-state index contributed by atoms with van der Waals surface area (Å²) in [4.78, 5) is 2.11. The van der Waals surface area contributed by atoms with E-state index in [0.717, 1.165) is 5.69 Å². The fraction of sp³-hybridized carbons (Fsp3) is 0.250. The summed E-state index contributed by atoms with van der Waals surface area (Å²) in [6.07, 6.45) is 0.